The number of carboxylic acids is 1. The van der Waals surface area contributed by atoms with Gasteiger partial charge in [-0.2, -0.15) is 0 Å². The Kier molecular flexibility index (Phi) is 3.77. The highest BCUT2D eigenvalue weighted by atomic mass is 16.4. The topological polar surface area (TPSA) is 69.6 Å². The lowest BCUT2D eigenvalue weighted by Crippen LogP contribution is -2.53. The Labute approximate surface area is 137 Å². The van der Waals surface area contributed by atoms with Crippen LogP contribution < -0.4 is 5.32 Å². The van der Waals surface area contributed by atoms with Crippen LogP contribution in [0.3, 0.4) is 0 Å². The smallest absolute Gasteiger partial charge is 0.317 e. The minimum absolute atomic E-state index is 0.0103. The summed E-state index contributed by atoms with van der Waals surface area (Å²) >= 11 is 0. The molecule has 1 aliphatic heterocycles. The highest BCUT2D eigenvalue weighted by Crippen LogP contribution is 2.49. The summed E-state index contributed by atoms with van der Waals surface area (Å²) in [7, 11) is 0. The maximum atomic E-state index is 12.8. The van der Waals surface area contributed by atoms with E-state index in [0.29, 0.717) is 31.0 Å². The van der Waals surface area contributed by atoms with Crippen LogP contribution in [0.2, 0.25) is 0 Å². The summed E-state index contributed by atoms with van der Waals surface area (Å²) < 4.78 is 0. The average Bonchev–Trinajstić information content (AvgIpc) is 2.91. The number of amides is 2. The van der Waals surface area contributed by atoms with E-state index in [1.54, 1.807) is 4.90 Å². The van der Waals surface area contributed by atoms with E-state index in [9.17, 15) is 14.7 Å². The van der Waals surface area contributed by atoms with Gasteiger partial charge in [-0.15, -0.1) is 0 Å². The number of carbonyl (C=O) groups excluding carboxylic acids is 1. The van der Waals surface area contributed by atoms with E-state index in [-0.39, 0.29) is 11.9 Å². The van der Waals surface area contributed by atoms with Gasteiger partial charge in [-0.05, 0) is 56.3 Å². The second kappa shape index (κ2) is 5.67. The Morgan fingerprint density at radius 3 is 2.17 bits per heavy atom. The summed E-state index contributed by atoms with van der Waals surface area (Å²) in [5.74, 6) is 0.751. The van der Waals surface area contributed by atoms with Gasteiger partial charge in [0.1, 0.15) is 0 Å². The van der Waals surface area contributed by atoms with Crippen molar-refractivity contribution in [2.24, 2.45) is 23.2 Å². The molecule has 5 nitrogen and oxygen atoms in total. The molecule has 1 saturated heterocycles. The number of carbonyl (C=O) groups is 2. The zero-order valence-electron chi connectivity index (χ0n) is 13.8. The fourth-order valence-electron chi connectivity index (χ4n) is 5.25. The Morgan fingerprint density at radius 1 is 1.04 bits per heavy atom. The van der Waals surface area contributed by atoms with Crippen molar-refractivity contribution in [2.75, 3.05) is 13.1 Å². The van der Waals surface area contributed by atoms with Gasteiger partial charge < -0.3 is 15.3 Å². The van der Waals surface area contributed by atoms with Crippen LogP contribution in [0.15, 0.2) is 0 Å². The van der Waals surface area contributed by atoms with Gasteiger partial charge in [0, 0.05) is 19.1 Å². The van der Waals surface area contributed by atoms with Gasteiger partial charge >= 0.3 is 12.0 Å². The van der Waals surface area contributed by atoms with Crippen molar-refractivity contribution in [1.82, 2.24) is 10.2 Å². The van der Waals surface area contributed by atoms with Crippen LogP contribution in [0, 0.1) is 23.2 Å². The number of urea groups is 1. The lowest BCUT2D eigenvalue weighted by Gasteiger charge is -2.43. The number of rotatable bonds is 4. The molecule has 4 fully saturated rings. The first-order chi connectivity index (χ1) is 11.1. The number of carboxylic acid groups (broad SMARTS) is 1. The third-order valence-corrected chi connectivity index (χ3v) is 7.19. The standard InChI is InChI=1S/C18H28N2O3/c21-16(22)18-9-3-8-14(18)10-20(11-18)17(23)19-15(12-4-1-5-12)13-6-2-7-13/h12-15H,1-11H2,(H,19,23)(H,21,22)/t14-,18+/m0/s1. The van der Waals surface area contributed by atoms with Crippen molar-refractivity contribution in [3.8, 4) is 0 Å². The molecular weight excluding hydrogens is 292 g/mol. The Bertz CT molecular complexity index is 486. The first kappa shape index (κ1) is 15.3. The number of nitrogens with one attached hydrogen (secondary N) is 1. The number of hydrogen-bond donors (Lipinski definition) is 2. The number of aliphatic carboxylic acids is 1. The lowest BCUT2D eigenvalue weighted by atomic mass is 9.68. The van der Waals surface area contributed by atoms with Crippen LogP contribution in [0.4, 0.5) is 4.79 Å². The van der Waals surface area contributed by atoms with Gasteiger partial charge in [0.2, 0.25) is 0 Å². The molecule has 0 aromatic rings. The molecule has 0 aromatic heterocycles. The molecule has 2 atom stereocenters. The van der Waals surface area contributed by atoms with E-state index in [4.69, 9.17) is 0 Å². The predicted octanol–water partition coefficient (Wildman–Crippen LogP) is 2.85. The van der Waals surface area contributed by atoms with Gasteiger partial charge in [-0.3, -0.25) is 4.79 Å². The zero-order chi connectivity index (χ0) is 16.0. The summed E-state index contributed by atoms with van der Waals surface area (Å²) in [6.07, 6.45) is 10.2. The Balaban J connectivity index is 1.42. The van der Waals surface area contributed by atoms with Gasteiger partial charge in [0.15, 0.2) is 0 Å². The molecule has 5 heteroatoms. The quantitative estimate of drug-likeness (QED) is 0.837. The first-order valence-corrected chi connectivity index (χ1v) is 9.39. The van der Waals surface area contributed by atoms with E-state index >= 15 is 0 Å². The monoisotopic (exact) mass is 320 g/mol. The van der Waals surface area contributed by atoms with E-state index in [1.165, 1.54) is 38.5 Å². The van der Waals surface area contributed by atoms with Crippen LogP contribution in [-0.2, 0) is 4.79 Å². The molecule has 0 bridgehead atoms. The molecular formula is C18H28N2O3. The summed E-state index contributed by atoms with van der Waals surface area (Å²) in [4.78, 5) is 26.3. The number of hydrogen-bond acceptors (Lipinski definition) is 2. The summed E-state index contributed by atoms with van der Waals surface area (Å²) in [6.45, 7) is 1.03. The highest BCUT2D eigenvalue weighted by molar-refractivity contribution is 5.80. The van der Waals surface area contributed by atoms with Crippen molar-refractivity contribution < 1.29 is 14.7 Å². The first-order valence-electron chi connectivity index (χ1n) is 9.39. The molecule has 0 spiro atoms. The van der Waals surface area contributed by atoms with Crippen molar-refractivity contribution >= 4 is 12.0 Å². The summed E-state index contributed by atoms with van der Waals surface area (Å²) in [5.41, 5.74) is -0.667. The molecule has 2 amide bonds. The maximum Gasteiger partial charge on any atom is 0.317 e. The highest BCUT2D eigenvalue weighted by Gasteiger charge is 2.56. The van der Waals surface area contributed by atoms with Crippen molar-refractivity contribution in [1.29, 1.82) is 0 Å². The molecule has 2 N–H and O–H groups in total. The van der Waals surface area contributed by atoms with Crippen LogP contribution in [-0.4, -0.2) is 41.1 Å². The largest absolute Gasteiger partial charge is 0.481 e. The molecule has 3 aliphatic carbocycles. The third-order valence-electron chi connectivity index (χ3n) is 7.19. The fraction of sp³-hybridized carbons (Fsp3) is 0.889. The second-order valence-corrected chi connectivity index (χ2v) is 8.29. The molecule has 23 heavy (non-hydrogen) atoms. The van der Waals surface area contributed by atoms with Gasteiger partial charge in [-0.1, -0.05) is 19.3 Å². The predicted molar refractivity (Wildman–Crippen MR) is 86.0 cm³/mol. The normalized spacial score (nSPS) is 34.1. The molecule has 0 radical (unpaired) electrons. The lowest BCUT2D eigenvalue weighted by molar-refractivity contribution is -0.149. The molecule has 0 aromatic carbocycles. The molecule has 128 valence electrons. The molecule has 0 unspecified atom stereocenters. The summed E-state index contributed by atoms with van der Waals surface area (Å²) in [5, 5.41) is 13.0. The van der Waals surface area contributed by atoms with Crippen molar-refractivity contribution in [2.45, 2.75) is 63.8 Å². The van der Waals surface area contributed by atoms with Crippen LogP contribution >= 0.6 is 0 Å². The number of likely N-dealkylation sites (tertiary alicyclic amines) is 1. The van der Waals surface area contributed by atoms with E-state index in [1.807, 2.05) is 0 Å². The number of fused-ring (bicyclic) bond motifs is 1. The van der Waals surface area contributed by atoms with Crippen LogP contribution in [0.1, 0.15) is 57.8 Å². The zero-order valence-corrected chi connectivity index (χ0v) is 13.8. The third kappa shape index (κ3) is 2.43. The summed E-state index contributed by atoms with van der Waals surface area (Å²) in [6, 6.07) is 0.315. The molecule has 4 rings (SSSR count). The fourth-order valence-corrected chi connectivity index (χ4v) is 5.25. The maximum absolute atomic E-state index is 12.8. The minimum atomic E-state index is -0.704. The molecule has 1 heterocycles. The van der Waals surface area contributed by atoms with E-state index < -0.39 is 11.4 Å². The average molecular weight is 320 g/mol. The van der Waals surface area contributed by atoms with Gasteiger partial charge in [0.05, 0.1) is 5.41 Å². The van der Waals surface area contributed by atoms with Crippen LogP contribution in [0.5, 0.6) is 0 Å². The van der Waals surface area contributed by atoms with Gasteiger partial charge in [-0.25, -0.2) is 4.79 Å². The van der Waals surface area contributed by atoms with Crippen LogP contribution in [0.25, 0.3) is 0 Å². The molecule has 3 saturated carbocycles. The van der Waals surface area contributed by atoms with E-state index in [0.717, 1.165) is 19.3 Å². The second-order valence-electron chi connectivity index (χ2n) is 8.29. The Hall–Kier alpha value is -1.26. The van der Waals surface area contributed by atoms with Gasteiger partial charge in [0.25, 0.3) is 0 Å². The van der Waals surface area contributed by atoms with E-state index in [2.05, 4.69) is 5.32 Å². The van der Waals surface area contributed by atoms with Crippen molar-refractivity contribution in [3.63, 3.8) is 0 Å². The SMILES string of the molecule is O=C(NC(C1CCC1)C1CCC1)N1C[C@@H]2CCC[C@@]2(C(=O)O)C1. The molecule has 4 aliphatic rings. The number of nitrogens with zero attached hydrogens (tertiary/aromatic N) is 1. The minimum Gasteiger partial charge on any atom is -0.481 e. The van der Waals surface area contributed by atoms with Crippen molar-refractivity contribution in [3.05, 3.63) is 0 Å². The Morgan fingerprint density at radius 2 is 1.70 bits per heavy atom.